The fraction of sp³-hybridized carbons (Fsp3) is 0.500. The van der Waals surface area contributed by atoms with E-state index in [9.17, 15) is 9.59 Å². The Balaban J connectivity index is 1.93. The Kier molecular flexibility index (Phi) is 5.77. The van der Waals surface area contributed by atoms with Gasteiger partial charge in [-0.15, -0.1) is 0 Å². The minimum absolute atomic E-state index is 0.0368. The molecule has 0 bridgehead atoms. The van der Waals surface area contributed by atoms with E-state index in [0.717, 1.165) is 12.1 Å². The van der Waals surface area contributed by atoms with E-state index in [1.165, 1.54) is 0 Å². The normalized spacial score (nSPS) is 17.6. The van der Waals surface area contributed by atoms with Gasteiger partial charge in [0.05, 0.1) is 13.0 Å². The molecule has 6 heteroatoms. The molecule has 0 radical (unpaired) electrons. The zero-order valence-corrected chi connectivity index (χ0v) is 13.0. The van der Waals surface area contributed by atoms with Gasteiger partial charge in [-0.2, -0.15) is 0 Å². The van der Waals surface area contributed by atoms with Gasteiger partial charge in [-0.3, -0.25) is 9.59 Å². The summed E-state index contributed by atoms with van der Waals surface area (Å²) in [6, 6.07) is 7.31. The molecule has 1 atom stereocenters. The number of carbonyl (C=O) groups excluding carboxylic acids is 2. The van der Waals surface area contributed by atoms with Crippen LogP contribution >= 0.6 is 0 Å². The number of benzene rings is 1. The summed E-state index contributed by atoms with van der Waals surface area (Å²) in [6.07, 6.45) is 1.01. The molecule has 2 rings (SSSR count). The summed E-state index contributed by atoms with van der Waals surface area (Å²) >= 11 is 0. The van der Waals surface area contributed by atoms with E-state index >= 15 is 0 Å². The largest absolute Gasteiger partial charge is 0.497 e. The maximum atomic E-state index is 12.2. The SMILES string of the molecule is COCCCNC(=O)[C@H]1CC(=O)N(c2cccc(OC)c2)C1. The highest BCUT2D eigenvalue weighted by atomic mass is 16.5. The van der Waals surface area contributed by atoms with Gasteiger partial charge in [0.15, 0.2) is 0 Å². The Hall–Kier alpha value is -2.08. The van der Waals surface area contributed by atoms with E-state index in [-0.39, 0.29) is 24.2 Å². The molecule has 0 spiro atoms. The number of ether oxygens (including phenoxy) is 2. The average Bonchev–Trinajstić information content (AvgIpc) is 2.93. The van der Waals surface area contributed by atoms with Gasteiger partial charge in [-0.05, 0) is 18.6 Å². The number of hydrogen-bond acceptors (Lipinski definition) is 4. The number of nitrogens with zero attached hydrogens (tertiary/aromatic N) is 1. The molecule has 120 valence electrons. The molecule has 0 unspecified atom stereocenters. The van der Waals surface area contributed by atoms with E-state index in [1.54, 1.807) is 25.2 Å². The predicted molar refractivity (Wildman–Crippen MR) is 83.0 cm³/mol. The van der Waals surface area contributed by atoms with E-state index in [4.69, 9.17) is 9.47 Å². The first-order valence-electron chi connectivity index (χ1n) is 7.36. The number of nitrogens with one attached hydrogen (secondary N) is 1. The summed E-state index contributed by atoms with van der Waals surface area (Å²) in [5, 5.41) is 2.85. The number of methoxy groups -OCH3 is 2. The van der Waals surface area contributed by atoms with E-state index < -0.39 is 0 Å². The van der Waals surface area contributed by atoms with Crippen molar-refractivity contribution in [2.24, 2.45) is 5.92 Å². The lowest BCUT2D eigenvalue weighted by atomic mass is 10.1. The third-order valence-corrected chi connectivity index (χ3v) is 3.69. The van der Waals surface area contributed by atoms with Crippen LogP contribution in [-0.2, 0) is 14.3 Å². The van der Waals surface area contributed by atoms with Crippen LogP contribution < -0.4 is 15.0 Å². The molecule has 22 heavy (non-hydrogen) atoms. The topological polar surface area (TPSA) is 67.9 Å². The highest BCUT2D eigenvalue weighted by molar-refractivity contribution is 6.00. The van der Waals surface area contributed by atoms with Crippen molar-refractivity contribution in [1.82, 2.24) is 5.32 Å². The summed E-state index contributed by atoms with van der Waals surface area (Å²) < 4.78 is 10.1. The number of anilines is 1. The second kappa shape index (κ2) is 7.79. The second-order valence-corrected chi connectivity index (χ2v) is 5.24. The second-order valence-electron chi connectivity index (χ2n) is 5.24. The minimum Gasteiger partial charge on any atom is -0.497 e. The van der Waals surface area contributed by atoms with Gasteiger partial charge in [0.2, 0.25) is 11.8 Å². The van der Waals surface area contributed by atoms with E-state index in [2.05, 4.69) is 5.32 Å². The first-order valence-corrected chi connectivity index (χ1v) is 7.36. The van der Waals surface area contributed by atoms with Crippen LogP contribution in [0.2, 0.25) is 0 Å². The molecule has 0 aliphatic carbocycles. The van der Waals surface area contributed by atoms with E-state index in [1.807, 2.05) is 18.2 Å². The number of rotatable bonds is 7. The summed E-state index contributed by atoms with van der Waals surface area (Å²) in [5.41, 5.74) is 0.763. The highest BCUT2D eigenvalue weighted by Crippen LogP contribution is 2.27. The minimum atomic E-state index is -0.304. The Morgan fingerprint density at radius 1 is 1.41 bits per heavy atom. The van der Waals surface area contributed by atoms with Crippen LogP contribution in [0.15, 0.2) is 24.3 Å². The van der Waals surface area contributed by atoms with Crippen molar-refractivity contribution >= 4 is 17.5 Å². The number of hydrogen-bond donors (Lipinski definition) is 1. The van der Waals surface area contributed by atoms with Crippen LogP contribution in [0.25, 0.3) is 0 Å². The molecule has 1 fully saturated rings. The molecule has 1 aliphatic rings. The Morgan fingerprint density at radius 2 is 2.23 bits per heavy atom. The Morgan fingerprint density at radius 3 is 2.95 bits per heavy atom. The molecule has 1 saturated heterocycles. The van der Waals surface area contributed by atoms with Gasteiger partial charge in [0.25, 0.3) is 0 Å². The van der Waals surface area contributed by atoms with Crippen molar-refractivity contribution in [3.05, 3.63) is 24.3 Å². The molecule has 1 aliphatic heterocycles. The highest BCUT2D eigenvalue weighted by Gasteiger charge is 2.35. The zero-order valence-electron chi connectivity index (χ0n) is 13.0. The van der Waals surface area contributed by atoms with Gasteiger partial charge in [-0.25, -0.2) is 0 Å². The molecule has 1 heterocycles. The van der Waals surface area contributed by atoms with Crippen molar-refractivity contribution in [3.8, 4) is 5.75 Å². The van der Waals surface area contributed by atoms with Gasteiger partial charge < -0.3 is 19.7 Å². The lowest BCUT2D eigenvalue weighted by Gasteiger charge is -2.17. The van der Waals surface area contributed by atoms with Crippen molar-refractivity contribution in [2.45, 2.75) is 12.8 Å². The van der Waals surface area contributed by atoms with Crippen LogP contribution in [0.5, 0.6) is 5.75 Å². The van der Waals surface area contributed by atoms with Gasteiger partial charge in [-0.1, -0.05) is 6.07 Å². The quantitative estimate of drug-likeness (QED) is 0.769. The standard InChI is InChI=1S/C16H22N2O4/c1-21-8-4-7-17-16(20)12-9-15(19)18(11-12)13-5-3-6-14(10-13)22-2/h3,5-6,10,12H,4,7-9,11H2,1-2H3,(H,17,20)/t12-/m0/s1. The summed E-state index contributed by atoms with van der Waals surface area (Å²) in [7, 11) is 3.21. The third-order valence-electron chi connectivity index (χ3n) is 3.69. The summed E-state index contributed by atoms with van der Waals surface area (Å²) in [4.78, 5) is 25.9. The Labute approximate surface area is 130 Å². The fourth-order valence-electron chi connectivity index (χ4n) is 2.48. The van der Waals surface area contributed by atoms with Gasteiger partial charge >= 0.3 is 0 Å². The molecule has 1 aromatic carbocycles. The predicted octanol–water partition coefficient (Wildman–Crippen LogP) is 1.20. The number of carbonyl (C=O) groups is 2. The lowest BCUT2D eigenvalue weighted by molar-refractivity contribution is -0.126. The van der Waals surface area contributed by atoms with Gasteiger partial charge in [0, 0.05) is 45.0 Å². The van der Waals surface area contributed by atoms with E-state index in [0.29, 0.717) is 25.4 Å². The average molecular weight is 306 g/mol. The molecule has 2 amide bonds. The van der Waals surface area contributed by atoms with Crippen LogP contribution in [0.3, 0.4) is 0 Å². The molecular weight excluding hydrogens is 284 g/mol. The first-order chi connectivity index (χ1) is 10.7. The Bertz CT molecular complexity index is 533. The zero-order chi connectivity index (χ0) is 15.9. The molecule has 1 N–H and O–H groups in total. The smallest absolute Gasteiger partial charge is 0.227 e. The van der Waals surface area contributed by atoms with Crippen LogP contribution in [0.4, 0.5) is 5.69 Å². The fourth-order valence-corrected chi connectivity index (χ4v) is 2.48. The molecule has 0 saturated carbocycles. The third kappa shape index (κ3) is 3.98. The summed E-state index contributed by atoms with van der Waals surface area (Å²) in [5.74, 6) is 0.277. The number of amides is 2. The molecule has 1 aromatic rings. The maximum Gasteiger partial charge on any atom is 0.227 e. The lowest BCUT2D eigenvalue weighted by Crippen LogP contribution is -2.33. The maximum absolute atomic E-state index is 12.2. The van der Waals surface area contributed by atoms with Gasteiger partial charge in [0.1, 0.15) is 5.75 Å². The van der Waals surface area contributed by atoms with Crippen molar-refractivity contribution in [1.29, 1.82) is 0 Å². The first kappa shape index (κ1) is 16.3. The van der Waals surface area contributed by atoms with Crippen molar-refractivity contribution < 1.29 is 19.1 Å². The van der Waals surface area contributed by atoms with Crippen LogP contribution in [0.1, 0.15) is 12.8 Å². The molecule has 6 nitrogen and oxygen atoms in total. The van der Waals surface area contributed by atoms with Crippen molar-refractivity contribution in [3.63, 3.8) is 0 Å². The van der Waals surface area contributed by atoms with Crippen molar-refractivity contribution in [2.75, 3.05) is 38.8 Å². The molecular formula is C16H22N2O4. The van der Waals surface area contributed by atoms with Crippen LogP contribution in [-0.4, -0.2) is 45.7 Å². The summed E-state index contributed by atoms with van der Waals surface area (Å²) in [6.45, 7) is 1.58. The monoisotopic (exact) mass is 306 g/mol. The molecule has 0 aromatic heterocycles. The van der Waals surface area contributed by atoms with Crippen LogP contribution in [0, 0.1) is 5.92 Å².